The Balaban J connectivity index is 0.000000181. The molecule has 4 aliphatic carbocycles. The lowest BCUT2D eigenvalue weighted by atomic mass is 9.25. The summed E-state index contributed by atoms with van der Waals surface area (Å²) in [5.74, 6) is 1.95. The normalized spacial score (nSPS) is 37.9. The third kappa shape index (κ3) is 3.70. The van der Waals surface area contributed by atoms with Crippen LogP contribution in [0.2, 0.25) is 0 Å². The molecule has 0 unspecified atom stereocenters. The van der Waals surface area contributed by atoms with Crippen LogP contribution in [0.5, 0.6) is 0 Å². The highest BCUT2D eigenvalue weighted by molar-refractivity contribution is 5.23. The van der Waals surface area contributed by atoms with Crippen LogP contribution in [0.15, 0.2) is 0 Å². The second kappa shape index (κ2) is 5.75. The number of hydrogen-bond acceptors (Lipinski definition) is 0. The molecule has 0 aromatic heterocycles. The summed E-state index contributed by atoms with van der Waals surface area (Å²) in [6.07, 6.45) is 7.38. The van der Waals surface area contributed by atoms with Gasteiger partial charge in [0.2, 0.25) is 0 Å². The monoisotopic (exact) mass is 348 g/mol. The van der Waals surface area contributed by atoms with Gasteiger partial charge in [0.05, 0.1) is 0 Å². The van der Waals surface area contributed by atoms with Crippen molar-refractivity contribution in [3.05, 3.63) is 0 Å². The van der Waals surface area contributed by atoms with Crippen LogP contribution >= 0.6 is 0 Å². The summed E-state index contributed by atoms with van der Waals surface area (Å²) in [4.78, 5) is 0. The molecular formula is C25H48. The van der Waals surface area contributed by atoms with Crippen LogP contribution < -0.4 is 0 Å². The Kier molecular flexibility index (Phi) is 4.90. The molecular weight excluding hydrogens is 300 g/mol. The zero-order valence-corrected chi connectivity index (χ0v) is 19.7. The third-order valence-corrected chi connectivity index (χ3v) is 8.80. The molecule has 4 saturated carbocycles. The molecule has 4 rings (SSSR count). The average molecular weight is 349 g/mol. The summed E-state index contributed by atoms with van der Waals surface area (Å²) < 4.78 is 0. The number of rotatable bonds is 0. The fourth-order valence-corrected chi connectivity index (χ4v) is 5.41. The molecule has 0 nitrogen and oxygen atoms in total. The highest BCUT2D eigenvalue weighted by atomic mass is 14.8. The van der Waals surface area contributed by atoms with E-state index in [0.717, 1.165) is 22.7 Å². The fraction of sp³-hybridized carbons (Fsp3) is 1.00. The largest absolute Gasteiger partial charge is 0.0599 e. The lowest BCUT2D eigenvalue weighted by molar-refractivity contribution is -0.302. The Morgan fingerprint density at radius 3 is 0.880 bits per heavy atom. The van der Waals surface area contributed by atoms with E-state index < -0.39 is 0 Å². The first-order valence-electron chi connectivity index (χ1n) is 10.8. The van der Waals surface area contributed by atoms with Crippen LogP contribution in [-0.4, -0.2) is 0 Å². The Morgan fingerprint density at radius 1 is 0.480 bits per heavy atom. The van der Waals surface area contributed by atoms with Gasteiger partial charge in [0.25, 0.3) is 0 Å². The van der Waals surface area contributed by atoms with Gasteiger partial charge in [0, 0.05) is 0 Å². The van der Waals surface area contributed by atoms with Gasteiger partial charge >= 0.3 is 0 Å². The fourth-order valence-electron chi connectivity index (χ4n) is 5.41. The van der Waals surface area contributed by atoms with Crippen molar-refractivity contribution in [2.24, 2.45) is 44.3 Å². The Bertz CT molecular complexity index is 412. The van der Waals surface area contributed by atoms with Crippen molar-refractivity contribution in [3.63, 3.8) is 0 Å². The molecule has 0 aliphatic heterocycles. The lowest BCUT2D eigenvalue weighted by Crippen LogP contribution is -2.71. The van der Waals surface area contributed by atoms with Gasteiger partial charge in [-0.25, -0.2) is 0 Å². The summed E-state index contributed by atoms with van der Waals surface area (Å²) in [6.45, 7) is 28.7. The van der Waals surface area contributed by atoms with Crippen molar-refractivity contribution in [2.45, 2.75) is 115 Å². The summed E-state index contributed by atoms with van der Waals surface area (Å²) in [5.41, 5.74) is 3.62. The summed E-state index contributed by atoms with van der Waals surface area (Å²) in [7, 11) is 0. The second-order valence-electron chi connectivity index (χ2n) is 14.2. The molecule has 0 amide bonds. The first-order chi connectivity index (χ1) is 10.8. The van der Waals surface area contributed by atoms with E-state index in [1.165, 1.54) is 32.1 Å². The molecule has 148 valence electrons. The predicted octanol–water partition coefficient (Wildman–Crippen LogP) is 8.35. The molecule has 25 heavy (non-hydrogen) atoms. The van der Waals surface area contributed by atoms with Gasteiger partial charge in [-0.3, -0.25) is 0 Å². The van der Waals surface area contributed by atoms with Gasteiger partial charge in [0.15, 0.2) is 0 Å². The molecule has 2 bridgehead atoms. The summed E-state index contributed by atoms with van der Waals surface area (Å²) in [5, 5.41) is 0. The minimum Gasteiger partial charge on any atom is -0.0599 e. The van der Waals surface area contributed by atoms with E-state index in [1.54, 1.807) is 0 Å². The van der Waals surface area contributed by atoms with Gasteiger partial charge < -0.3 is 0 Å². The topological polar surface area (TPSA) is 0 Å². The Labute approximate surface area is 159 Å². The van der Waals surface area contributed by atoms with Crippen LogP contribution in [0.25, 0.3) is 0 Å². The molecule has 0 heterocycles. The van der Waals surface area contributed by atoms with Crippen molar-refractivity contribution < 1.29 is 0 Å². The zero-order chi connectivity index (χ0) is 19.7. The minimum atomic E-state index is 0.542. The van der Waals surface area contributed by atoms with Gasteiger partial charge in [0.1, 0.15) is 0 Å². The van der Waals surface area contributed by atoms with E-state index in [1.807, 2.05) is 0 Å². The highest BCUT2D eigenvalue weighted by Gasteiger charge is 2.74. The second-order valence-corrected chi connectivity index (χ2v) is 14.2. The Hall–Kier alpha value is 0. The van der Waals surface area contributed by atoms with E-state index in [0.29, 0.717) is 21.7 Å². The van der Waals surface area contributed by atoms with Crippen LogP contribution in [-0.2, 0) is 0 Å². The minimum absolute atomic E-state index is 0.542. The first kappa shape index (κ1) is 21.3. The van der Waals surface area contributed by atoms with Crippen molar-refractivity contribution >= 4 is 0 Å². The molecule has 0 aromatic carbocycles. The standard InChI is InChI=1S/C13H24.C12H24/c1-10(2,3)12-7-13(8-12,9-12)11(4,5)6;1-11(2,3)9-7-10(8-9)12(4,5)6/h7-9H2,1-6H3;9-10H,7-8H2,1-6H3. The molecule has 0 heteroatoms. The van der Waals surface area contributed by atoms with Gasteiger partial charge in [-0.05, 0) is 76.4 Å². The summed E-state index contributed by atoms with van der Waals surface area (Å²) in [6, 6.07) is 0. The van der Waals surface area contributed by atoms with Crippen molar-refractivity contribution in [1.29, 1.82) is 0 Å². The van der Waals surface area contributed by atoms with E-state index >= 15 is 0 Å². The SMILES string of the molecule is CC(C)(C)C12CC(C(C)(C)C)(C1)C2.CC(C)(C)C1CC(C(C)(C)C)C1. The highest BCUT2D eigenvalue weighted by Crippen LogP contribution is 2.83. The van der Waals surface area contributed by atoms with Crippen LogP contribution in [0, 0.1) is 44.3 Å². The first-order valence-corrected chi connectivity index (χ1v) is 10.8. The van der Waals surface area contributed by atoms with Crippen molar-refractivity contribution in [1.82, 2.24) is 0 Å². The Morgan fingerprint density at radius 2 is 0.720 bits per heavy atom. The molecule has 0 saturated heterocycles. The quantitative estimate of drug-likeness (QED) is 0.412. The molecule has 0 atom stereocenters. The van der Waals surface area contributed by atoms with Crippen LogP contribution in [0.3, 0.4) is 0 Å². The van der Waals surface area contributed by atoms with Gasteiger partial charge in [-0.1, -0.05) is 83.1 Å². The third-order valence-electron chi connectivity index (χ3n) is 8.80. The van der Waals surface area contributed by atoms with E-state index in [9.17, 15) is 0 Å². The van der Waals surface area contributed by atoms with Gasteiger partial charge in [-0.15, -0.1) is 0 Å². The molecule has 0 aromatic rings. The maximum absolute atomic E-state index is 2.42. The molecule has 4 aliphatic rings. The maximum atomic E-state index is 2.42. The lowest BCUT2D eigenvalue weighted by Gasteiger charge is -2.80. The maximum Gasteiger partial charge on any atom is -0.0232 e. The molecule has 0 radical (unpaired) electrons. The van der Waals surface area contributed by atoms with Crippen molar-refractivity contribution in [2.75, 3.05) is 0 Å². The van der Waals surface area contributed by atoms with Crippen molar-refractivity contribution in [3.8, 4) is 0 Å². The van der Waals surface area contributed by atoms with Crippen LogP contribution in [0.4, 0.5) is 0 Å². The van der Waals surface area contributed by atoms with Crippen LogP contribution in [0.1, 0.15) is 115 Å². The van der Waals surface area contributed by atoms with E-state index in [2.05, 4.69) is 83.1 Å². The zero-order valence-electron chi connectivity index (χ0n) is 19.7. The molecule has 0 N–H and O–H groups in total. The smallest absolute Gasteiger partial charge is 0.0232 e. The average Bonchev–Trinajstić information content (AvgIpc) is 1.97. The molecule has 4 fully saturated rings. The number of hydrogen-bond donors (Lipinski definition) is 0. The molecule has 0 spiro atoms. The predicted molar refractivity (Wildman–Crippen MR) is 113 cm³/mol. The van der Waals surface area contributed by atoms with E-state index in [-0.39, 0.29) is 0 Å². The van der Waals surface area contributed by atoms with E-state index in [4.69, 9.17) is 0 Å². The van der Waals surface area contributed by atoms with Gasteiger partial charge in [-0.2, -0.15) is 0 Å². The summed E-state index contributed by atoms with van der Waals surface area (Å²) >= 11 is 0.